The maximum absolute atomic E-state index is 13.2. The Morgan fingerprint density at radius 1 is 1.19 bits per heavy atom. The van der Waals surface area contributed by atoms with Crippen molar-refractivity contribution >= 4 is 0 Å². The molecule has 1 aromatic heterocycles. The summed E-state index contributed by atoms with van der Waals surface area (Å²) >= 11 is 0. The van der Waals surface area contributed by atoms with Gasteiger partial charge in [-0.2, -0.15) is 13.2 Å². The van der Waals surface area contributed by atoms with Gasteiger partial charge in [-0.05, 0) is 42.2 Å². The molecule has 1 atom stereocenters. The Labute approximate surface area is 119 Å². The largest absolute Gasteiger partial charge is 0.419 e. The topological polar surface area (TPSA) is 38.9 Å². The zero-order valence-electron chi connectivity index (χ0n) is 11.1. The van der Waals surface area contributed by atoms with Gasteiger partial charge in [-0.25, -0.2) is 4.39 Å². The molecule has 2 aromatic rings. The molecule has 0 aliphatic carbocycles. The Bertz CT molecular complexity index is 596. The van der Waals surface area contributed by atoms with Crippen LogP contribution in [0.1, 0.15) is 29.2 Å². The SMILES string of the molecule is NC(CCc1cccnc1)c1ccc(F)c(C(F)(F)F)c1. The Morgan fingerprint density at radius 3 is 2.57 bits per heavy atom. The average molecular weight is 298 g/mol. The van der Waals surface area contributed by atoms with E-state index in [2.05, 4.69) is 4.98 Å². The molecule has 2 rings (SSSR count). The number of benzene rings is 1. The van der Waals surface area contributed by atoms with Gasteiger partial charge in [0, 0.05) is 18.4 Å². The quantitative estimate of drug-likeness (QED) is 0.870. The van der Waals surface area contributed by atoms with Crippen molar-refractivity contribution in [2.45, 2.75) is 25.1 Å². The summed E-state index contributed by atoms with van der Waals surface area (Å²) in [5, 5.41) is 0. The smallest absolute Gasteiger partial charge is 0.324 e. The Balaban J connectivity index is 2.11. The molecule has 0 aliphatic heterocycles. The number of rotatable bonds is 4. The van der Waals surface area contributed by atoms with E-state index in [0.717, 1.165) is 17.7 Å². The number of pyridine rings is 1. The van der Waals surface area contributed by atoms with E-state index >= 15 is 0 Å². The standard InChI is InChI=1S/C15H14F4N2/c16-13-5-4-11(8-12(13)15(17,18)19)14(20)6-3-10-2-1-7-21-9-10/h1-2,4-5,7-9,14H,3,6,20H2. The van der Waals surface area contributed by atoms with Gasteiger partial charge in [0.15, 0.2) is 0 Å². The van der Waals surface area contributed by atoms with Crippen LogP contribution < -0.4 is 5.73 Å². The molecule has 1 aromatic carbocycles. The molecule has 0 bridgehead atoms. The summed E-state index contributed by atoms with van der Waals surface area (Å²) in [7, 11) is 0. The molecule has 2 nitrogen and oxygen atoms in total. The molecule has 6 heteroatoms. The molecule has 0 spiro atoms. The predicted molar refractivity (Wildman–Crippen MR) is 70.9 cm³/mol. The number of alkyl halides is 3. The van der Waals surface area contributed by atoms with Crippen LogP contribution in [0.25, 0.3) is 0 Å². The minimum atomic E-state index is -4.72. The van der Waals surface area contributed by atoms with Gasteiger partial charge in [0.25, 0.3) is 0 Å². The highest BCUT2D eigenvalue weighted by Crippen LogP contribution is 2.33. The van der Waals surface area contributed by atoms with E-state index in [1.807, 2.05) is 6.07 Å². The number of hydrogen-bond acceptors (Lipinski definition) is 2. The molecule has 0 aliphatic rings. The fraction of sp³-hybridized carbons (Fsp3) is 0.267. The fourth-order valence-electron chi connectivity index (χ4n) is 2.03. The van der Waals surface area contributed by atoms with E-state index in [-0.39, 0.29) is 5.56 Å². The van der Waals surface area contributed by atoms with Crippen LogP contribution in [0.3, 0.4) is 0 Å². The molecule has 2 N–H and O–H groups in total. The summed E-state index contributed by atoms with van der Waals surface area (Å²) in [5.74, 6) is -1.29. The van der Waals surface area contributed by atoms with Crippen LogP contribution in [0.5, 0.6) is 0 Å². The third-order valence-corrected chi connectivity index (χ3v) is 3.19. The van der Waals surface area contributed by atoms with Gasteiger partial charge < -0.3 is 5.73 Å². The molecule has 112 valence electrons. The summed E-state index contributed by atoms with van der Waals surface area (Å²) in [6.07, 6.45) is -0.358. The monoisotopic (exact) mass is 298 g/mol. The van der Waals surface area contributed by atoms with E-state index < -0.39 is 23.6 Å². The highest BCUT2D eigenvalue weighted by atomic mass is 19.4. The van der Waals surface area contributed by atoms with Crippen LogP contribution in [0.15, 0.2) is 42.7 Å². The van der Waals surface area contributed by atoms with Crippen molar-refractivity contribution < 1.29 is 17.6 Å². The second-order valence-electron chi connectivity index (χ2n) is 4.74. The first-order valence-corrected chi connectivity index (χ1v) is 6.39. The molecule has 0 saturated carbocycles. The van der Waals surface area contributed by atoms with Gasteiger partial charge in [0.05, 0.1) is 5.56 Å². The van der Waals surface area contributed by atoms with Crippen LogP contribution in [-0.2, 0) is 12.6 Å². The number of hydrogen-bond donors (Lipinski definition) is 1. The Morgan fingerprint density at radius 2 is 1.95 bits per heavy atom. The minimum Gasteiger partial charge on any atom is -0.324 e. The molecular formula is C15H14F4N2. The predicted octanol–water partition coefficient (Wildman–Crippen LogP) is 3.87. The lowest BCUT2D eigenvalue weighted by molar-refractivity contribution is -0.140. The maximum atomic E-state index is 13.2. The average Bonchev–Trinajstić information content (AvgIpc) is 2.45. The Hall–Kier alpha value is -1.95. The molecule has 1 unspecified atom stereocenters. The molecule has 21 heavy (non-hydrogen) atoms. The van der Waals surface area contributed by atoms with Crippen molar-refractivity contribution in [1.29, 1.82) is 0 Å². The fourth-order valence-corrected chi connectivity index (χ4v) is 2.03. The van der Waals surface area contributed by atoms with Crippen LogP contribution in [0, 0.1) is 5.82 Å². The van der Waals surface area contributed by atoms with E-state index in [1.54, 1.807) is 18.5 Å². The third kappa shape index (κ3) is 4.01. The third-order valence-electron chi connectivity index (χ3n) is 3.19. The lowest BCUT2D eigenvalue weighted by atomic mass is 9.98. The zero-order valence-corrected chi connectivity index (χ0v) is 11.1. The first-order valence-electron chi connectivity index (χ1n) is 6.39. The number of nitrogens with zero attached hydrogens (tertiary/aromatic N) is 1. The molecule has 0 amide bonds. The summed E-state index contributed by atoms with van der Waals surface area (Å²) in [4.78, 5) is 3.95. The lowest BCUT2D eigenvalue weighted by Gasteiger charge is -2.15. The summed E-state index contributed by atoms with van der Waals surface area (Å²) < 4.78 is 51.2. The van der Waals surface area contributed by atoms with Crippen molar-refractivity contribution in [2.75, 3.05) is 0 Å². The van der Waals surface area contributed by atoms with Crippen molar-refractivity contribution in [1.82, 2.24) is 4.98 Å². The summed E-state index contributed by atoms with van der Waals surface area (Å²) in [6, 6.07) is 5.93. The van der Waals surface area contributed by atoms with Crippen LogP contribution in [-0.4, -0.2) is 4.98 Å². The van der Waals surface area contributed by atoms with E-state index in [9.17, 15) is 17.6 Å². The maximum Gasteiger partial charge on any atom is 0.419 e. The van der Waals surface area contributed by atoms with E-state index in [0.29, 0.717) is 12.8 Å². The summed E-state index contributed by atoms with van der Waals surface area (Å²) in [6.45, 7) is 0. The summed E-state index contributed by atoms with van der Waals surface area (Å²) in [5.41, 5.74) is 5.84. The molecule has 0 radical (unpaired) electrons. The number of halogens is 4. The lowest BCUT2D eigenvalue weighted by Crippen LogP contribution is -2.14. The molecule has 0 fully saturated rings. The normalized spacial score (nSPS) is 13.2. The van der Waals surface area contributed by atoms with Gasteiger partial charge >= 0.3 is 6.18 Å². The first-order chi connectivity index (χ1) is 9.88. The van der Waals surface area contributed by atoms with Crippen LogP contribution in [0.2, 0.25) is 0 Å². The van der Waals surface area contributed by atoms with Crippen molar-refractivity contribution in [3.05, 3.63) is 65.2 Å². The van der Waals surface area contributed by atoms with Crippen molar-refractivity contribution in [3.8, 4) is 0 Å². The molecule has 1 heterocycles. The second-order valence-corrected chi connectivity index (χ2v) is 4.74. The minimum absolute atomic E-state index is 0.271. The van der Waals surface area contributed by atoms with Gasteiger partial charge in [-0.15, -0.1) is 0 Å². The van der Waals surface area contributed by atoms with Gasteiger partial charge in [-0.3, -0.25) is 4.98 Å². The highest BCUT2D eigenvalue weighted by molar-refractivity contribution is 5.29. The van der Waals surface area contributed by atoms with Gasteiger partial charge in [0.1, 0.15) is 5.82 Å². The number of nitrogens with two attached hydrogens (primary N) is 1. The Kier molecular flexibility index (Phi) is 4.57. The van der Waals surface area contributed by atoms with Crippen molar-refractivity contribution in [2.24, 2.45) is 5.73 Å². The van der Waals surface area contributed by atoms with Gasteiger partial charge in [0.2, 0.25) is 0 Å². The molecule has 0 saturated heterocycles. The van der Waals surface area contributed by atoms with Gasteiger partial charge in [-0.1, -0.05) is 12.1 Å². The number of aryl methyl sites for hydroxylation is 1. The zero-order chi connectivity index (χ0) is 15.5. The second kappa shape index (κ2) is 6.22. The van der Waals surface area contributed by atoms with E-state index in [1.165, 1.54) is 6.07 Å². The van der Waals surface area contributed by atoms with E-state index in [4.69, 9.17) is 5.73 Å². The van der Waals surface area contributed by atoms with Crippen LogP contribution >= 0.6 is 0 Å². The first kappa shape index (κ1) is 15.4. The van der Waals surface area contributed by atoms with Crippen molar-refractivity contribution in [3.63, 3.8) is 0 Å². The van der Waals surface area contributed by atoms with Crippen LogP contribution in [0.4, 0.5) is 17.6 Å². The molecular weight excluding hydrogens is 284 g/mol. The highest BCUT2D eigenvalue weighted by Gasteiger charge is 2.34. The number of aromatic nitrogens is 1.